The molecular formula is C18H27N3O. The zero-order chi connectivity index (χ0) is 15.9. The van der Waals surface area contributed by atoms with Gasteiger partial charge in [0.1, 0.15) is 5.69 Å². The number of para-hydroxylation sites is 1. The Morgan fingerprint density at radius 3 is 2.41 bits per heavy atom. The molecule has 0 spiro atoms. The van der Waals surface area contributed by atoms with E-state index in [-0.39, 0.29) is 5.56 Å². The summed E-state index contributed by atoms with van der Waals surface area (Å²) in [6, 6.07) is 9.76. The van der Waals surface area contributed by atoms with Gasteiger partial charge in [-0.15, -0.1) is 0 Å². The predicted octanol–water partition coefficient (Wildman–Crippen LogP) is 3.87. The van der Waals surface area contributed by atoms with Crippen molar-refractivity contribution in [3.05, 3.63) is 46.4 Å². The summed E-state index contributed by atoms with van der Waals surface area (Å²) < 4.78 is 3.63. The number of anilines is 1. The fourth-order valence-corrected chi connectivity index (χ4v) is 2.71. The first kappa shape index (κ1) is 16.4. The Kier molecular flexibility index (Phi) is 5.87. The van der Waals surface area contributed by atoms with E-state index in [9.17, 15) is 4.79 Å². The smallest absolute Gasteiger partial charge is 0.295 e. The van der Waals surface area contributed by atoms with Gasteiger partial charge in [-0.3, -0.25) is 9.48 Å². The van der Waals surface area contributed by atoms with Gasteiger partial charge in [0.05, 0.1) is 11.4 Å². The lowest BCUT2D eigenvalue weighted by Gasteiger charge is -2.07. The van der Waals surface area contributed by atoms with Gasteiger partial charge in [-0.25, -0.2) is 4.68 Å². The Morgan fingerprint density at radius 1 is 1.05 bits per heavy atom. The Bertz CT molecular complexity index is 640. The van der Waals surface area contributed by atoms with E-state index in [2.05, 4.69) is 12.2 Å². The number of benzene rings is 1. The summed E-state index contributed by atoms with van der Waals surface area (Å²) in [4.78, 5) is 12.7. The molecule has 4 heteroatoms. The fourth-order valence-electron chi connectivity index (χ4n) is 2.71. The second-order valence-corrected chi connectivity index (χ2v) is 5.78. The summed E-state index contributed by atoms with van der Waals surface area (Å²) in [6.07, 6.45) is 6.16. The van der Waals surface area contributed by atoms with Crippen LogP contribution < -0.4 is 10.9 Å². The maximum Gasteiger partial charge on any atom is 0.295 e. The third kappa shape index (κ3) is 3.62. The van der Waals surface area contributed by atoms with Gasteiger partial charge >= 0.3 is 0 Å². The molecule has 0 radical (unpaired) electrons. The zero-order valence-corrected chi connectivity index (χ0v) is 13.9. The van der Waals surface area contributed by atoms with Crippen molar-refractivity contribution in [3.63, 3.8) is 0 Å². The van der Waals surface area contributed by atoms with Crippen LogP contribution in [0.15, 0.2) is 35.1 Å². The van der Waals surface area contributed by atoms with Gasteiger partial charge in [0, 0.05) is 13.6 Å². The maximum absolute atomic E-state index is 12.7. The number of aromatic nitrogens is 2. The first-order valence-corrected chi connectivity index (χ1v) is 8.24. The molecule has 0 amide bonds. The minimum Gasteiger partial charge on any atom is -0.379 e. The summed E-state index contributed by atoms with van der Waals surface area (Å²) in [6.45, 7) is 5.07. The highest BCUT2D eigenvalue weighted by Crippen LogP contribution is 2.14. The van der Waals surface area contributed by atoms with Gasteiger partial charge in [-0.05, 0) is 25.5 Å². The van der Waals surface area contributed by atoms with E-state index in [0.717, 1.165) is 30.0 Å². The van der Waals surface area contributed by atoms with Crippen molar-refractivity contribution in [3.8, 4) is 5.69 Å². The standard InChI is InChI=1S/C18H27N3O/c1-4-5-6-7-11-14-19-17-15(2)20(3)21(18(17)22)16-12-9-8-10-13-16/h8-10,12-13,19H,4-7,11,14H2,1-3H3. The van der Waals surface area contributed by atoms with E-state index in [0.29, 0.717) is 0 Å². The normalized spacial score (nSPS) is 10.9. The Labute approximate surface area is 132 Å². The summed E-state index contributed by atoms with van der Waals surface area (Å²) >= 11 is 0. The number of hydrogen-bond donors (Lipinski definition) is 1. The van der Waals surface area contributed by atoms with Gasteiger partial charge in [0.2, 0.25) is 0 Å². The molecule has 1 aromatic carbocycles. The van der Waals surface area contributed by atoms with Crippen molar-refractivity contribution >= 4 is 5.69 Å². The molecule has 1 N–H and O–H groups in total. The third-order valence-electron chi connectivity index (χ3n) is 4.14. The van der Waals surface area contributed by atoms with Crippen molar-refractivity contribution in [1.82, 2.24) is 9.36 Å². The van der Waals surface area contributed by atoms with E-state index in [1.54, 1.807) is 4.68 Å². The lowest BCUT2D eigenvalue weighted by Crippen LogP contribution is -2.21. The molecule has 0 atom stereocenters. The third-order valence-corrected chi connectivity index (χ3v) is 4.14. The maximum atomic E-state index is 12.7. The molecule has 2 rings (SSSR count). The number of hydrogen-bond acceptors (Lipinski definition) is 2. The minimum absolute atomic E-state index is 0.0276. The molecule has 0 fully saturated rings. The molecule has 22 heavy (non-hydrogen) atoms. The minimum atomic E-state index is 0.0276. The van der Waals surface area contributed by atoms with Crippen molar-refractivity contribution < 1.29 is 0 Å². The summed E-state index contributed by atoms with van der Waals surface area (Å²) in [5.74, 6) is 0. The van der Waals surface area contributed by atoms with Crippen LogP contribution in [0, 0.1) is 6.92 Å². The lowest BCUT2D eigenvalue weighted by molar-refractivity contribution is 0.630. The van der Waals surface area contributed by atoms with Crippen molar-refractivity contribution in [1.29, 1.82) is 0 Å². The predicted molar refractivity (Wildman–Crippen MR) is 93.0 cm³/mol. The van der Waals surface area contributed by atoms with E-state index in [1.807, 2.05) is 49.0 Å². The molecule has 0 aliphatic heterocycles. The second kappa shape index (κ2) is 7.87. The fraction of sp³-hybridized carbons (Fsp3) is 0.500. The number of nitrogens with one attached hydrogen (secondary N) is 1. The average molecular weight is 301 g/mol. The summed E-state index contributed by atoms with van der Waals surface area (Å²) in [5.41, 5.74) is 2.62. The number of rotatable bonds is 8. The Morgan fingerprint density at radius 2 is 1.73 bits per heavy atom. The summed E-state index contributed by atoms with van der Waals surface area (Å²) in [7, 11) is 1.93. The van der Waals surface area contributed by atoms with Crippen molar-refractivity contribution in [2.45, 2.75) is 46.0 Å². The number of unbranched alkanes of at least 4 members (excludes halogenated alkanes) is 4. The lowest BCUT2D eigenvalue weighted by atomic mass is 10.1. The Hall–Kier alpha value is -1.97. The van der Waals surface area contributed by atoms with E-state index in [4.69, 9.17) is 0 Å². The molecule has 1 aromatic heterocycles. The highest BCUT2D eigenvalue weighted by atomic mass is 16.1. The molecule has 1 heterocycles. The van der Waals surface area contributed by atoms with Gasteiger partial charge in [-0.2, -0.15) is 0 Å². The molecule has 120 valence electrons. The van der Waals surface area contributed by atoms with Crippen molar-refractivity contribution in [2.75, 3.05) is 11.9 Å². The molecule has 0 saturated heterocycles. The van der Waals surface area contributed by atoms with E-state index < -0.39 is 0 Å². The van der Waals surface area contributed by atoms with Crippen LogP contribution in [0.5, 0.6) is 0 Å². The largest absolute Gasteiger partial charge is 0.379 e. The second-order valence-electron chi connectivity index (χ2n) is 5.78. The average Bonchev–Trinajstić information content (AvgIpc) is 2.74. The van der Waals surface area contributed by atoms with Crippen LogP contribution in [-0.2, 0) is 7.05 Å². The monoisotopic (exact) mass is 301 g/mol. The SMILES string of the molecule is CCCCCCCNc1c(C)n(C)n(-c2ccccc2)c1=O. The molecule has 2 aromatic rings. The van der Waals surface area contributed by atoms with E-state index in [1.165, 1.54) is 25.7 Å². The zero-order valence-electron chi connectivity index (χ0n) is 13.9. The van der Waals surface area contributed by atoms with Crippen LogP contribution in [0.3, 0.4) is 0 Å². The number of nitrogens with zero attached hydrogens (tertiary/aromatic N) is 2. The van der Waals surface area contributed by atoms with Crippen LogP contribution in [0.25, 0.3) is 5.69 Å². The molecule has 0 aliphatic rings. The van der Waals surface area contributed by atoms with Gasteiger partial charge < -0.3 is 5.32 Å². The van der Waals surface area contributed by atoms with Crippen LogP contribution in [0.4, 0.5) is 5.69 Å². The molecule has 0 unspecified atom stereocenters. The van der Waals surface area contributed by atoms with Gasteiger partial charge in [0.15, 0.2) is 0 Å². The molecule has 4 nitrogen and oxygen atoms in total. The molecular weight excluding hydrogens is 274 g/mol. The summed E-state index contributed by atoms with van der Waals surface area (Å²) in [5, 5.41) is 3.33. The first-order chi connectivity index (χ1) is 10.7. The Balaban J connectivity index is 2.09. The highest BCUT2D eigenvalue weighted by molar-refractivity contribution is 5.49. The van der Waals surface area contributed by atoms with Crippen molar-refractivity contribution in [2.24, 2.45) is 7.05 Å². The van der Waals surface area contributed by atoms with Gasteiger partial charge in [0.25, 0.3) is 5.56 Å². The van der Waals surface area contributed by atoms with E-state index >= 15 is 0 Å². The topological polar surface area (TPSA) is 39.0 Å². The molecule has 0 aliphatic carbocycles. The molecule has 0 saturated carbocycles. The highest BCUT2D eigenvalue weighted by Gasteiger charge is 2.15. The van der Waals surface area contributed by atoms with Crippen LogP contribution >= 0.6 is 0 Å². The molecule has 0 bridgehead atoms. The van der Waals surface area contributed by atoms with Crippen LogP contribution in [0.1, 0.15) is 44.7 Å². The van der Waals surface area contributed by atoms with Crippen LogP contribution in [-0.4, -0.2) is 15.9 Å². The quantitative estimate of drug-likeness (QED) is 0.752. The van der Waals surface area contributed by atoms with Crippen LogP contribution in [0.2, 0.25) is 0 Å². The van der Waals surface area contributed by atoms with Gasteiger partial charge in [-0.1, -0.05) is 50.8 Å². The first-order valence-electron chi connectivity index (χ1n) is 8.24.